The number of rotatable bonds is 8. The Morgan fingerprint density at radius 2 is 2.23 bits per heavy atom. The van der Waals surface area contributed by atoms with Crippen LogP contribution in [0.5, 0.6) is 0 Å². The Bertz CT molecular complexity index is 623. The molecule has 5 nitrogen and oxygen atoms in total. The van der Waals surface area contributed by atoms with Crippen molar-refractivity contribution in [2.45, 2.75) is 38.6 Å². The maximum absolute atomic E-state index is 12.0. The zero-order chi connectivity index (χ0) is 15.9. The molecule has 0 saturated carbocycles. The number of hydrogen-bond acceptors (Lipinski definition) is 5. The zero-order valence-corrected chi connectivity index (χ0v) is 13.9. The van der Waals surface area contributed by atoms with Crippen molar-refractivity contribution in [3.8, 4) is 9.88 Å². The molecular formula is C15H18N2O3S2. The fourth-order valence-electron chi connectivity index (χ4n) is 1.98. The minimum absolute atomic E-state index is 0.109. The first kappa shape index (κ1) is 16.6. The van der Waals surface area contributed by atoms with Crippen molar-refractivity contribution in [1.29, 1.82) is 0 Å². The van der Waals surface area contributed by atoms with Gasteiger partial charge >= 0.3 is 5.97 Å². The van der Waals surface area contributed by atoms with Crippen LogP contribution in [0.15, 0.2) is 22.9 Å². The van der Waals surface area contributed by atoms with E-state index in [2.05, 4.69) is 10.3 Å². The van der Waals surface area contributed by atoms with Gasteiger partial charge in [0.25, 0.3) is 0 Å². The molecule has 7 heteroatoms. The van der Waals surface area contributed by atoms with Crippen molar-refractivity contribution in [3.05, 3.63) is 28.6 Å². The lowest BCUT2D eigenvalue weighted by atomic mass is 10.1. The van der Waals surface area contributed by atoms with Crippen LogP contribution in [-0.2, 0) is 16.0 Å². The lowest BCUT2D eigenvalue weighted by molar-refractivity contribution is -0.142. The van der Waals surface area contributed by atoms with Crippen LogP contribution in [0.2, 0.25) is 0 Å². The normalized spacial score (nSPS) is 12.0. The van der Waals surface area contributed by atoms with Crippen molar-refractivity contribution in [2.75, 3.05) is 0 Å². The number of aliphatic carboxylic acids is 1. The molecular weight excluding hydrogens is 320 g/mol. The van der Waals surface area contributed by atoms with Gasteiger partial charge in [-0.3, -0.25) is 4.79 Å². The Hall–Kier alpha value is -1.73. The fourth-order valence-corrected chi connectivity index (χ4v) is 3.61. The molecule has 2 aromatic rings. The molecule has 0 bridgehead atoms. The summed E-state index contributed by atoms with van der Waals surface area (Å²) in [6.07, 6.45) is 2.24. The minimum Gasteiger partial charge on any atom is -0.480 e. The van der Waals surface area contributed by atoms with Gasteiger partial charge in [-0.1, -0.05) is 25.8 Å². The first-order chi connectivity index (χ1) is 10.6. The Morgan fingerprint density at radius 3 is 2.86 bits per heavy atom. The number of amides is 1. The van der Waals surface area contributed by atoms with Gasteiger partial charge in [0.2, 0.25) is 5.91 Å². The Morgan fingerprint density at radius 1 is 1.41 bits per heavy atom. The van der Waals surface area contributed by atoms with Gasteiger partial charge in [0.05, 0.1) is 17.0 Å². The lowest BCUT2D eigenvalue weighted by Crippen LogP contribution is -2.41. The molecule has 0 aliphatic carbocycles. The smallest absolute Gasteiger partial charge is 0.326 e. The van der Waals surface area contributed by atoms with E-state index in [-0.39, 0.29) is 12.3 Å². The van der Waals surface area contributed by atoms with Gasteiger partial charge in [-0.05, 0) is 17.9 Å². The summed E-state index contributed by atoms with van der Waals surface area (Å²) < 4.78 is 0. The highest BCUT2D eigenvalue weighted by molar-refractivity contribution is 7.20. The van der Waals surface area contributed by atoms with E-state index in [0.29, 0.717) is 12.1 Å². The third-order valence-electron chi connectivity index (χ3n) is 3.11. The summed E-state index contributed by atoms with van der Waals surface area (Å²) in [7, 11) is 0. The fraction of sp³-hybridized carbons (Fsp3) is 0.400. The number of carboxylic acids is 1. The molecule has 2 aromatic heterocycles. The van der Waals surface area contributed by atoms with Crippen LogP contribution in [0.25, 0.3) is 9.88 Å². The van der Waals surface area contributed by atoms with Crippen molar-refractivity contribution in [1.82, 2.24) is 10.3 Å². The predicted molar refractivity (Wildman–Crippen MR) is 88.2 cm³/mol. The molecule has 0 radical (unpaired) electrons. The van der Waals surface area contributed by atoms with E-state index in [1.54, 1.807) is 11.3 Å². The summed E-state index contributed by atoms with van der Waals surface area (Å²) in [5.74, 6) is -1.29. The third-order valence-corrected chi connectivity index (χ3v) is 5.04. The zero-order valence-electron chi connectivity index (χ0n) is 12.2. The number of hydrogen-bond donors (Lipinski definition) is 2. The number of nitrogens with zero attached hydrogens (tertiary/aromatic N) is 1. The van der Waals surface area contributed by atoms with Crippen LogP contribution >= 0.6 is 22.7 Å². The monoisotopic (exact) mass is 338 g/mol. The first-order valence-electron chi connectivity index (χ1n) is 7.10. The average molecular weight is 338 g/mol. The number of thiophene rings is 1. The molecule has 22 heavy (non-hydrogen) atoms. The van der Waals surface area contributed by atoms with Gasteiger partial charge in [0, 0.05) is 5.38 Å². The second kappa shape index (κ2) is 8.05. The van der Waals surface area contributed by atoms with Crippen molar-refractivity contribution in [3.63, 3.8) is 0 Å². The molecule has 0 saturated heterocycles. The average Bonchev–Trinajstić information content (AvgIpc) is 3.13. The van der Waals surface area contributed by atoms with Gasteiger partial charge < -0.3 is 10.4 Å². The summed E-state index contributed by atoms with van der Waals surface area (Å²) in [6, 6.07) is 3.13. The maximum Gasteiger partial charge on any atom is 0.326 e. The maximum atomic E-state index is 12.0. The van der Waals surface area contributed by atoms with Crippen LogP contribution in [0.3, 0.4) is 0 Å². The first-order valence-corrected chi connectivity index (χ1v) is 8.86. The Labute approximate surface area is 137 Å². The third kappa shape index (κ3) is 4.64. The molecule has 1 amide bonds. The molecule has 0 aliphatic rings. The summed E-state index contributed by atoms with van der Waals surface area (Å²) in [6.45, 7) is 1.99. The summed E-state index contributed by atoms with van der Waals surface area (Å²) in [5, 5.41) is 16.4. The van der Waals surface area contributed by atoms with Crippen molar-refractivity contribution >= 4 is 34.6 Å². The van der Waals surface area contributed by atoms with Gasteiger partial charge in [-0.15, -0.1) is 22.7 Å². The number of carbonyl (C=O) groups is 2. The highest BCUT2D eigenvalue weighted by atomic mass is 32.1. The molecule has 2 N–H and O–H groups in total. The largest absolute Gasteiger partial charge is 0.480 e. The highest BCUT2D eigenvalue weighted by Crippen LogP contribution is 2.27. The molecule has 1 atom stereocenters. The summed E-state index contributed by atoms with van der Waals surface area (Å²) in [5.41, 5.74) is 0.672. The number of aromatic nitrogens is 1. The van der Waals surface area contributed by atoms with E-state index in [0.717, 1.165) is 22.7 Å². The van der Waals surface area contributed by atoms with E-state index in [9.17, 15) is 9.59 Å². The van der Waals surface area contributed by atoms with Gasteiger partial charge in [0.15, 0.2) is 0 Å². The predicted octanol–water partition coefficient (Wildman–Crippen LogP) is 3.17. The minimum atomic E-state index is -0.987. The molecule has 118 valence electrons. The van der Waals surface area contributed by atoms with Crippen molar-refractivity contribution in [2.24, 2.45) is 0 Å². The van der Waals surface area contributed by atoms with Gasteiger partial charge in [-0.25, -0.2) is 9.78 Å². The number of thiazole rings is 1. The van der Waals surface area contributed by atoms with Crippen LogP contribution in [-0.4, -0.2) is 28.0 Å². The lowest BCUT2D eigenvalue weighted by Gasteiger charge is -2.13. The van der Waals surface area contributed by atoms with Crippen LogP contribution in [0.4, 0.5) is 0 Å². The number of carbonyl (C=O) groups excluding carboxylic acids is 1. The molecule has 0 aliphatic heterocycles. The van der Waals surface area contributed by atoms with Crippen molar-refractivity contribution < 1.29 is 14.7 Å². The van der Waals surface area contributed by atoms with E-state index < -0.39 is 12.0 Å². The molecule has 0 unspecified atom stereocenters. The second-order valence-corrected chi connectivity index (χ2v) is 6.70. The van der Waals surface area contributed by atoms with E-state index in [4.69, 9.17) is 5.11 Å². The van der Waals surface area contributed by atoms with Crippen LogP contribution in [0, 0.1) is 0 Å². The topological polar surface area (TPSA) is 79.3 Å². The molecule has 0 aromatic carbocycles. The quantitative estimate of drug-likeness (QED) is 0.775. The van der Waals surface area contributed by atoms with E-state index in [1.807, 2.05) is 29.8 Å². The Kier molecular flexibility index (Phi) is 6.09. The SMILES string of the molecule is CCCC[C@H](NC(=O)Cc1csc(-c2cccs2)n1)C(=O)O. The van der Waals surface area contributed by atoms with E-state index >= 15 is 0 Å². The standard InChI is InChI=1S/C15H18N2O3S2/c1-2-3-5-11(15(19)20)17-13(18)8-10-9-22-14(16-10)12-6-4-7-21-12/h4,6-7,9,11H,2-3,5,8H2,1H3,(H,17,18)(H,19,20)/t11-/m0/s1. The highest BCUT2D eigenvalue weighted by Gasteiger charge is 2.19. The van der Waals surface area contributed by atoms with Crippen LogP contribution < -0.4 is 5.32 Å². The number of nitrogens with one attached hydrogen (secondary N) is 1. The number of unbranched alkanes of at least 4 members (excludes halogenated alkanes) is 1. The summed E-state index contributed by atoms with van der Waals surface area (Å²) >= 11 is 3.09. The molecule has 2 heterocycles. The van der Waals surface area contributed by atoms with E-state index in [1.165, 1.54) is 11.3 Å². The van der Waals surface area contributed by atoms with Gasteiger partial charge in [0.1, 0.15) is 11.0 Å². The van der Waals surface area contributed by atoms with Gasteiger partial charge in [-0.2, -0.15) is 0 Å². The summed E-state index contributed by atoms with van der Waals surface area (Å²) in [4.78, 5) is 28.6. The number of carboxylic acid groups (broad SMARTS) is 1. The second-order valence-electron chi connectivity index (χ2n) is 4.90. The Balaban J connectivity index is 1.92. The van der Waals surface area contributed by atoms with Crippen LogP contribution in [0.1, 0.15) is 31.9 Å². The molecule has 2 rings (SSSR count). The molecule has 0 spiro atoms. The molecule has 0 fully saturated rings.